The number of nitrogens with one attached hydrogen (secondary N) is 2. The van der Waals surface area contributed by atoms with Gasteiger partial charge in [-0.05, 0) is 44.9 Å². The summed E-state index contributed by atoms with van der Waals surface area (Å²) in [6, 6.07) is 8.25. The molecule has 5 nitrogen and oxygen atoms in total. The summed E-state index contributed by atoms with van der Waals surface area (Å²) in [4.78, 5) is 9.80. The summed E-state index contributed by atoms with van der Waals surface area (Å²) in [5.74, 6) is 1.71. The first-order valence-corrected chi connectivity index (χ1v) is 9.00. The van der Waals surface area contributed by atoms with Crippen LogP contribution < -0.4 is 15.4 Å². The van der Waals surface area contributed by atoms with Crippen molar-refractivity contribution in [1.29, 1.82) is 0 Å². The lowest BCUT2D eigenvalue weighted by Gasteiger charge is -2.12. The van der Waals surface area contributed by atoms with E-state index in [0.717, 1.165) is 29.7 Å². The molecule has 0 aliphatic heterocycles. The summed E-state index contributed by atoms with van der Waals surface area (Å²) in [6.45, 7) is 7.64. The van der Waals surface area contributed by atoms with E-state index in [4.69, 9.17) is 4.74 Å². The minimum atomic E-state index is 0.202. The van der Waals surface area contributed by atoms with E-state index in [9.17, 15) is 0 Å². The third-order valence-electron chi connectivity index (χ3n) is 3.30. The second-order valence-corrected chi connectivity index (χ2v) is 7.10. The molecule has 2 aromatic rings. The standard InChI is InChI=1S/C18H26N4OS/c1-13(2)23-16-7-5-15(6-8-16)9-10-20-18(19-4)22-12-17-21-11-14(3)24-17/h5-8,11,13H,9-10,12H2,1-4H3,(H2,19,20,22). The molecule has 2 rings (SSSR count). The zero-order valence-corrected chi connectivity index (χ0v) is 15.6. The highest BCUT2D eigenvalue weighted by Gasteiger charge is 2.02. The average molecular weight is 347 g/mol. The number of thiazole rings is 1. The van der Waals surface area contributed by atoms with Gasteiger partial charge in [-0.3, -0.25) is 4.99 Å². The van der Waals surface area contributed by atoms with Crippen molar-refractivity contribution < 1.29 is 4.74 Å². The van der Waals surface area contributed by atoms with Gasteiger partial charge in [0.1, 0.15) is 10.8 Å². The van der Waals surface area contributed by atoms with Crippen LogP contribution in [0, 0.1) is 6.92 Å². The fourth-order valence-electron chi connectivity index (χ4n) is 2.20. The zero-order valence-electron chi connectivity index (χ0n) is 14.8. The van der Waals surface area contributed by atoms with E-state index in [-0.39, 0.29) is 6.10 Å². The number of aryl methyl sites for hydroxylation is 1. The second kappa shape index (κ2) is 9.27. The molecule has 0 spiro atoms. The maximum atomic E-state index is 5.66. The summed E-state index contributed by atoms with van der Waals surface area (Å²) >= 11 is 1.70. The first-order valence-electron chi connectivity index (χ1n) is 8.18. The largest absolute Gasteiger partial charge is 0.491 e. The summed E-state index contributed by atoms with van der Waals surface area (Å²) in [5, 5.41) is 7.68. The number of nitrogens with zero attached hydrogens (tertiary/aromatic N) is 2. The van der Waals surface area contributed by atoms with Crippen LogP contribution in [-0.2, 0) is 13.0 Å². The number of benzene rings is 1. The lowest BCUT2D eigenvalue weighted by atomic mass is 10.1. The lowest BCUT2D eigenvalue weighted by Crippen LogP contribution is -2.37. The van der Waals surface area contributed by atoms with E-state index < -0.39 is 0 Å². The minimum absolute atomic E-state index is 0.202. The number of ether oxygens (including phenoxy) is 1. The van der Waals surface area contributed by atoms with E-state index in [0.29, 0.717) is 6.54 Å². The van der Waals surface area contributed by atoms with Crippen LogP contribution in [0.15, 0.2) is 35.5 Å². The number of guanidine groups is 1. The zero-order chi connectivity index (χ0) is 17.4. The Morgan fingerprint density at radius 1 is 1.25 bits per heavy atom. The summed E-state index contributed by atoms with van der Waals surface area (Å²) in [6.07, 6.45) is 3.03. The highest BCUT2D eigenvalue weighted by molar-refractivity contribution is 7.11. The molecule has 1 aromatic heterocycles. The quantitative estimate of drug-likeness (QED) is 0.597. The molecule has 0 aliphatic rings. The maximum absolute atomic E-state index is 5.66. The number of aliphatic imine (C=N–C) groups is 1. The van der Waals surface area contributed by atoms with E-state index in [1.807, 2.05) is 32.2 Å². The van der Waals surface area contributed by atoms with Crippen LogP contribution in [0.2, 0.25) is 0 Å². The molecule has 0 atom stereocenters. The molecule has 0 saturated heterocycles. The van der Waals surface area contributed by atoms with Crippen LogP contribution in [0.25, 0.3) is 0 Å². The van der Waals surface area contributed by atoms with Gasteiger partial charge < -0.3 is 15.4 Å². The van der Waals surface area contributed by atoms with Crippen molar-refractivity contribution in [2.45, 2.75) is 39.8 Å². The number of rotatable bonds is 7. The molecule has 130 valence electrons. The Bertz CT molecular complexity index is 649. The first-order chi connectivity index (χ1) is 11.6. The van der Waals surface area contributed by atoms with Crippen molar-refractivity contribution in [2.24, 2.45) is 4.99 Å². The van der Waals surface area contributed by atoms with Gasteiger partial charge in [-0.2, -0.15) is 0 Å². The summed E-state index contributed by atoms with van der Waals surface area (Å²) in [5.41, 5.74) is 1.27. The van der Waals surface area contributed by atoms with Crippen LogP contribution in [-0.4, -0.2) is 30.6 Å². The maximum Gasteiger partial charge on any atom is 0.191 e. The molecular weight excluding hydrogens is 320 g/mol. The van der Waals surface area contributed by atoms with E-state index >= 15 is 0 Å². The number of aromatic nitrogens is 1. The van der Waals surface area contributed by atoms with Crippen molar-refractivity contribution in [2.75, 3.05) is 13.6 Å². The van der Waals surface area contributed by atoms with Gasteiger partial charge in [-0.15, -0.1) is 11.3 Å². The fourth-order valence-corrected chi connectivity index (χ4v) is 2.92. The number of hydrogen-bond donors (Lipinski definition) is 2. The molecule has 2 N–H and O–H groups in total. The molecule has 0 amide bonds. The van der Waals surface area contributed by atoms with Gasteiger partial charge in [0, 0.05) is 24.7 Å². The van der Waals surface area contributed by atoms with Crippen molar-refractivity contribution >= 4 is 17.3 Å². The SMILES string of the molecule is CN=C(NCCc1ccc(OC(C)C)cc1)NCc1ncc(C)s1. The van der Waals surface area contributed by atoms with Gasteiger partial charge in [0.05, 0.1) is 12.6 Å². The Hall–Kier alpha value is -2.08. The molecule has 1 aromatic carbocycles. The molecule has 0 radical (unpaired) electrons. The third-order valence-corrected chi connectivity index (χ3v) is 4.21. The second-order valence-electron chi connectivity index (χ2n) is 5.78. The van der Waals surface area contributed by atoms with E-state index in [1.54, 1.807) is 18.4 Å². The molecule has 6 heteroatoms. The van der Waals surface area contributed by atoms with Gasteiger partial charge in [-0.25, -0.2) is 4.98 Å². The molecule has 1 heterocycles. The Kier molecular flexibility index (Phi) is 7.06. The normalized spacial score (nSPS) is 11.6. The van der Waals surface area contributed by atoms with Crippen molar-refractivity contribution in [3.05, 3.63) is 45.9 Å². The van der Waals surface area contributed by atoms with Crippen molar-refractivity contribution in [3.63, 3.8) is 0 Å². The molecule has 0 fully saturated rings. The van der Waals surface area contributed by atoms with Gasteiger partial charge in [0.2, 0.25) is 0 Å². The average Bonchev–Trinajstić information content (AvgIpc) is 2.97. The summed E-state index contributed by atoms with van der Waals surface area (Å²) < 4.78 is 5.66. The molecule has 0 bridgehead atoms. The van der Waals surface area contributed by atoms with Gasteiger partial charge in [-0.1, -0.05) is 12.1 Å². The molecule has 24 heavy (non-hydrogen) atoms. The van der Waals surface area contributed by atoms with Crippen LogP contribution in [0.1, 0.15) is 29.3 Å². The predicted molar refractivity (Wildman–Crippen MR) is 101 cm³/mol. The fraction of sp³-hybridized carbons (Fsp3) is 0.444. The first kappa shape index (κ1) is 18.3. The molecule has 0 unspecified atom stereocenters. The van der Waals surface area contributed by atoms with Gasteiger partial charge in [0.25, 0.3) is 0 Å². The lowest BCUT2D eigenvalue weighted by molar-refractivity contribution is 0.242. The van der Waals surface area contributed by atoms with E-state index in [1.165, 1.54) is 10.4 Å². The van der Waals surface area contributed by atoms with Crippen LogP contribution in [0.5, 0.6) is 5.75 Å². The van der Waals surface area contributed by atoms with E-state index in [2.05, 4.69) is 39.7 Å². The summed E-state index contributed by atoms with van der Waals surface area (Å²) in [7, 11) is 1.78. The van der Waals surface area contributed by atoms with Gasteiger partial charge >= 0.3 is 0 Å². The van der Waals surface area contributed by atoms with Crippen molar-refractivity contribution in [1.82, 2.24) is 15.6 Å². The van der Waals surface area contributed by atoms with Crippen LogP contribution in [0.4, 0.5) is 0 Å². The Morgan fingerprint density at radius 2 is 2.00 bits per heavy atom. The highest BCUT2D eigenvalue weighted by atomic mass is 32.1. The predicted octanol–water partition coefficient (Wildman–Crippen LogP) is 3.15. The Labute approximate surface area is 148 Å². The molecule has 0 saturated carbocycles. The third kappa shape index (κ3) is 6.20. The van der Waals surface area contributed by atoms with Crippen LogP contribution >= 0.6 is 11.3 Å². The smallest absolute Gasteiger partial charge is 0.191 e. The topological polar surface area (TPSA) is 58.5 Å². The van der Waals surface area contributed by atoms with Crippen molar-refractivity contribution in [3.8, 4) is 5.75 Å². The van der Waals surface area contributed by atoms with Crippen LogP contribution in [0.3, 0.4) is 0 Å². The van der Waals surface area contributed by atoms with Gasteiger partial charge in [0.15, 0.2) is 5.96 Å². The molecule has 0 aliphatic carbocycles. The highest BCUT2D eigenvalue weighted by Crippen LogP contribution is 2.14. The number of hydrogen-bond acceptors (Lipinski definition) is 4. The Balaban J connectivity index is 1.73. The minimum Gasteiger partial charge on any atom is -0.491 e. The molecular formula is C18H26N4OS. The monoisotopic (exact) mass is 346 g/mol. The Morgan fingerprint density at radius 3 is 2.58 bits per heavy atom.